The Kier molecular flexibility index (Phi) is 4.42. The van der Waals surface area contributed by atoms with Crippen LogP contribution in [-0.2, 0) is 17.1 Å². The fourth-order valence-corrected chi connectivity index (χ4v) is 4.55. The first-order chi connectivity index (χ1) is 11.4. The van der Waals surface area contributed by atoms with E-state index in [9.17, 15) is 12.8 Å². The van der Waals surface area contributed by atoms with Crippen LogP contribution in [-0.4, -0.2) is 19.6 Å². The zero-order valence-electron chi connectivity index (χ0n) is 13.1. The first-order valence-electron chi connectivity index (χ1n) is 7.20. The fourth-order valence-electron chi connectivity index (χ4n) is 2.29. The van der Waals surface area contributed by atoms with Gasteiger partial charge in [0.15, 0.2) is 0 Å². The first-order valence-corrected chi connectivity index (χ1v) is 9.46. The summed E-state index contributed by atoms with van der Waals surface area (Å²) in [4.78, 5) is 0.271. The summed E-state index contributed by atoms with van der Waals surface area (Å²) >= 11 is 1.25. The van der Waals surface area contributed by atoms with Crippen LogP contribution in [0.5, 0.6) is 5.75 Å². The third kappa shape index (κ3) is 3.07. The summed E-state index contributed by atoms with van der Waals surface area (Å²) in [5, 5.41) is 0. The van der Waals surface area contributed by atoms with Crippen LogP contribution < -0.4 is 9.54 Å². The summed E-state index contributed by atoms with van der Waals surface area (Å²) in [6.07, 6.45) is 0. The summed E-state index contributed by atoms with van der Waals surface area (Å²) < 4.78 is 49.9. The van der Waals surface area contributed by atoms with Gasteiger partial charge in [0, 0.05) is 7.05 Å². The highest BCUT2D eigenvalue weighted by Crippen LogP contribution is 2.27. The Labute approximate surface area is 142 Å². The molecule has 3 rings (SSSR count). The zero-order valence-corrected chi connectivity index (χ0v) is 14.7. The quantitative estimate of drug-likeness (QED) is 0.713. The topological polar surface area (TPSA) is 60.7 Å². The maximum absolute atomic E-state index is 13.0. The van der Waals surface area contributed by atoms with E-state index in [1.807, 2.05) is 25.1 Å². The number of hydrogen-bond donors (Lipinski definition) is 0. The number of halogens is 1. The number of aromatic nitrogens is 1. The number of sulfonamides is 1. The molecule has 0 N–H and O–H groups in total. The van der Waals surface area contributed by atoms with Gasteiger partial charge in [-0.3, -0.25) is 0 Å². The van der Waals surface area contributed by atoms with Crippen molar-refractivity contribution in [1.29, 1.82) is 0 Å². The Hall–Kier alpha value is -2.19. The minimum absolute atomic E-state index is 0.0496. The Morgan fingerprint density at radius 3 is 2.58 bits per heavy atom. The average Bonchev–Trinajstić information content (AvgIpc) is 2.85. The minimum Gasteiger partial charge on any atom is -0.492 e. The van der Waals surface area contributed by atoms with Crippen molar-refractivity contribution in [2.75, 3.05) is 6.61 Å². The second-order valence-corrected chi connectivity index (χ2v) is 7.61. The molecule has 0 amide bonds. The van der Waals surface area contributed by atoms with Gasteiger partial charge in [-0.2, -0.15) is 8.42 Å². The van der Waals surface area contributed by atoms with Crippen LogP contribution in [0.4, 0.5) is 4.39 Å². The molecule has 1 heterocycles. The molecule has 0 atom stereocenters. The number of rotatable bonds is 4. The van der Waals surface area contributed by atoms with Crippen molar-refractivity contribution in [2.45, 2.75) is 11.8 Å². The molecule has 3 aromatic rings. The summed E-state index contributed by atoms with van der Waals surface area (Å²) in [6, 6.07) is 10.2. The van der Waals surface area contributed by atoms with Crippen LogP contribution in [0.3, 0.4) is 0 Å². The number of thiazole rings is 1. The van der Waals surface area contributed by atoms with Gasteiger partial charge >= 0.3 is 0 Å². The average molecular weight is 366 g/mol. The van der Waals surface area contributed by atoms with Crippen molar-refractivity contribution < 1.29 is 17.5 Å². The molecule has 0 saturated heterocycles. The van der Waals surface area contributed by atoms with Gasteiger partial charge in [-0.25, -0.2) is 4.39 Å². The highest BCUT2D eigenvalue weighted by molar-refractivity contribution is 7.90. The van der Waals surface area contributed by atoms with Crippen molar-refractivity contribution in [3.05, 3.63) is 53.1 Å². The largest absolute Gasteiger partial charge is 0.492 e. The maximum Gasteiger partial charge on any atom is 0.285 e. The van der Waals surface area contributed by atoms with Gasteiger partial charge in [0.05, 0.1) is 16.2 Å². The number of aryl methyl sites for hydroxylation is 1. The van der Waals surface area contributed by atoms with Crippen LogP contribution in [0.1, 0.15) is 6.92 Å². The molecule has 0 bridgehead atoms. The molecule has 1 aromatic heterocycles. The molecular formula is C16H15FN2O3S2. The van der Waals surface area contributed by atoms with Gasteiger partial charge in [0.1, 0.15) is 17.1 Å². The molecule has 24 heavy (non-hydrogen) atoms. The van der Waals surface area contributed by atoms with E-state index in [1.54, 1.807) is 11.6 Å². The first kappa shape index (κ1) is 16.7. The molecule has 0 aliphatic heterocycles. The smallest absolute Gasteiger partial charge is 0.285 e. The van der Waals surface area contributed by atoms with E-state index >= 15 is 0 Å². The van der Waals surface area contributed by atoms with Gasteiger partial charge in [-0.15, -0.1) is 4.40 Å². The summed E-state index contributed by atoms with van der Waals surface area (Å²) in [7, 11) is -2.18. The molecule has 0 aliphatic carbocycles. The minimum atomic E-state index is -3.92. The second kappa shape index (κ2) is 6.37. The highest BCUT2D eigenvalue weighted by Gasteiger charge is 2.15. The molecular weight excluding hydrogens is 351 g/mol. The Bertz CT molecular complexity index is 1050. The Balaban J connectivity index is 2.18. The van der Waals surface area contributed by atoms with Crippen molar-refractivity contribution in [2.24, 2.45) is 11.4 Å². The number of hydrogen-bond acceptors (Lipinski definition) is 4. The van der Waals surface area contributed by atoms with E-state index in [0.717, 1.165) is 22.3 Å². The molecule has 0 aliphatic rings. The van der Waals surface area contributed by atoms with E-state index in [1.165, 1.54) is 23.5 Å². The molecule has 0 radical (unpaired) electrons. The van der Waals surface area contributed by atoms with Crippen LogP contribution in [0.2, 0.25) is 0 Å². The molecule has 2 aromatic carbocycles. The van der Waals surface area contributed by atoms with Gasteiger partial charge in [0.25, 0.3) is 10.0 Å². The summed E-state index contributed by atoms with van der Waals surface area (Å²) in [5.74, 6) is 0.178. The Morgan fingerprint density at radius 2 is 1.92 bits per heavy atom. The summed E-state index contributed by atoms with van der Waals surface area (Å²) in [5.41, 5.74) is 0.789. The number of para-hydroxylation sites is 1. The van der Waals surface area contributed by atoms with Crippen LogP contribution >= 0.6 is 11.3 Å². The maximum atomic E-state index is 13.0. The van der Waals surface area contributed by atoms with Crippen molar-refractivity contribution >= 4 is 31.6 Å². The normalized spacial score (nSPS) is 12.7. The second-order valence-electron chi connectivity index (χ2n) is 5.00. The fraction of sp³-hybridized carbons (Fsp3) is 0.188. The van der Waals surface area contributed by atoms with Crippen molar-refractivity contribution in [3.8, 4) is 5.75 Å². The van der Waals surface area contributed by atoms with Gasteiger partial charge < -0.3 is 9.30 Å². The van der Waals surface area contributed by atoms with Gasteiger partial charge in [0.2, 0.25) is 4.80 Å². The number of ether oxygens (including phenoxy) is 1. The molecule has 0 saturated carbocycles. The van der Waals surface area contributed by atoms with Crippen LogP contribution in [0.15, 0.2) is 51.8 Å². The molecule has 8 heteroatoms. The van der Waals surface area contributed by atoms with E-state index in [4.69, 9.17) is 4.74 Å². The SMILES string of the molecule is CCOc1cccc2sc(=NS(=O)(=O)c3ccc(F)cc3)n(C)c12. The van der Waals surface area contributed by atoms with Crippen molar-refractivity contribution in [1.82, 2.24) is 4.57 Å². The lowest BCUT2D eigenvalue weighted by Crippen LogP contribution is -2.14. The predicted octanol–water partition coefficient (Wildman–Crippen LogP) is 3.07. The third-order valence-electron chi connectivity index (χ3n) is 3.40. The number of benzene rings is 2. The zero-order chi connectivity index (χ0) is 17.3. The van der Waals surface area contributed by atoms with Crippen LogP contribution in [0, 0.1) is 5.82 Å². The van der Waals surface area contributed by atoms with Crippen LogP contribution in [0.25, 0.3) is 10.2 Å². The van der Waals surface area contributed by atoms with E-state index in [2.05, 4.69) is 4.40 Å². The lowest BCUT2D eigenvalue weighted by atomic mass is 10.3. The lowest BCUT2D eigenvalue weighted by molar-refractivity contribution is 0.343. The molecule has 5 nitrogen and oxygen atoms in total. The molecule has 0 spiro atoms. The van der Waals surface area contributed by atoms with E-state index < -0.39 is 15.8 Å². The third-order valence-corrected chi connectivity index (χ3v) is 5.89. The van der Waals surface area contributed by atoms with E-state index in [0.29, 0.717) is 17.2 Å². The van der Waals surface area contributed by atoms with Gasteiger partial charge in [-0.1, -0.05) is 17.4 Å². The number of fused-ring (bicyclic) bond motifs is 1. The number of nitrogens with zero attached hydrogens (tertiary/aromatic N) is 2. The monoisotopic (exact) mass is 366 g/mol. The van der Waals surface area contributed by atoms with Gasteiger partial charge in [-0.05, 0) is 43.3 Å². The molecule has 0 unspecified atom stereocenters. The summed E-state index contributed by atoms with van der Waals surface area (Å²) in [6.45, 7) is 2.39. The van der Waals surface area contributed by atoms with Crippen molar-refractivity contribution in [3.63, 3.8) is 0 Å². The molecule has 126 valence electrons. The predicted molar refractivity (Wildman–Crippen MR) is 91.1 cm³/mol. The molecule has 0 fully saturated rings. The Morgan fingerprint density at radius 1 is 1.21 bits per heavy atom. The lowest BCUT2D eigenvalue weighted by Gasteiger charge is -2.05. The standard InChI is InChI=1S/C16H15FN2O3S2/c1-3-22-13-5-4-6-14-15(13)19(2)16(23-14)18-24(20,21)12-9-7-11(17)8-10-12/h4-10H,3H2,1-2H3. The van der Waals surface area contributed by atoms with E-state index in [-0.39, 0.29) is 4.90 Å². The highest BCUT2D eigenvalue weighted by atomic mass is 32.2.